The van der Waals surface area contributed by atoms with Gasteiger partial charge in [0.1, 0.15) is 0 Å². The number of rotatable bonds is 5. The van der Waals surface area contributed by atoms with Gasteiger partial charge in [0.25, 0.3) is 0 Å². The molecule has 3 nitrogen and oxygen atoms in total. The van der Waals surface area contributed by atoms with E-state index in [4.69, 9.17) is 5.73 Å². The molecule has 0 aliphatic carbocycles. The normalized spacial score (nSPS) is 14.2. The van der Waals surface area contributed by atoms with E-state index in [1.54, 1.807) is 0 Å². The molecule has 1 aromatic carbocycles. The molecule has 0 fully saturated rings. The Balaban J connectivity index is 2.18. The minimum atomic E-state index is 0.0737. The van der Waals surface area contributed by atoms with Crippen molar-refractivity contribution in [3.05, 3.63) is 65.5 Å². The zero-order valence-electron chi connectivity index (χ0n) is 12.5. The maximum absolute atomic E-state index is 6.21. The lowest BCUT2D eigenvalue weighted by Crippen LogP contribution is -2.36. The highest BCUT2D eigenvalue weighted by molar-refractivity contribution is 5.25. The number of pyridine rings is 1. The molecule has 2 aromatic rings. The highest BCUT2D eigenvalue weighted by Gasteiger charge is 2.21. The summed E-state index contributed by atoms with van der Waals surface area (Å²) in [6, 6.07) is 13.0. The van der Waals surface area contributed by atoms with Gasteiger partial charge in [0.15, 0.2) is 0 Å². The molecule has 0 aliphatic rings. The van der Waals surface area contributed by atoms with E-state index < -0.39 is 0 Å². The lowest BCUT2D eigenvalue weighted by Gasteiger charge is -2.31. The van der Waals surface area contributed by atoms with Crippen LogP contribution in [0.4, 0.5) is 0 Å². The number of hydrogen-bond acceptors (Lipinski definition) is 3. The van der Waals surface area contributed by atoms with Crippen molar-refractivity contribution in [2.75, 3.05) is 7.05 Å². The second-order valence-corrected chi connectivity index (χ2v) is 5.49. The van der Waals surface area contributed by atoms with E-state index >= 15 is 0 Å². The van der Waals surface area contributed by atoms with Crippen LogP contribution in [0.5, 0.6) is 0 Å². The van der Waals surface area contributed by atoms with Crippen LogP contribution in [0.25, 0.3) is 0 Å². The molecule has 0 bridgehead atoms. The van der Waals surface area contributed by atoms with E-state index in [-0.39, 0.29) is 12.1 Å². The van der Waals surface area contributed by atoms with E-state index in [9.17, 15) is 0 Å². The number of aryl methyl sites for hydroxylation is 1. The summed E-state index contributed by atoms with van der Waals surface area (Å²) in [5.41, 5.74) is 10.00. The van der Waals surface area contributed by atoms with Gasteiger partial charge in [-0.25, -0.2) is 0 Å². The van der Waals surface area contributed by atoms with Gasteiger partial charge in [-0.15, -0.1) is 0 Å². The zero-order chi connectivity index (χ0) is 14.5. The van der Waals surface area contributed by atoms with E-state index in [0.29, 0.717) is 0 Å². The van der Waals surface area contributed by atoms with Crippen molar-refractivity contribution in [3.63, 3.8) is 0 Å². The van der Waals surface area contributed by atoms with E-state index in [1.165, 1.54) is 16.7 Å². The predicted octanol–water partition coefficient (Wildman–Crippen LogP) is 2.91. The zero-order valence-corrected chi connectivity index (χ0v) is 12.5. The molecule has 1 aromatic heterocycles. The van der Waals surface area contributed by atoms with Crippen LogP contribution < -0.4 is 5.73 Å². The van der Waals surface area contributed by atoms with Crippen LogP contribution in [-0.4, -0.2) is 23.0 Å². The Labute approximate surface area is 121 Å². The number of likely N-dealkylation sites (N-methyl/N-ethyl adjacent to an activating group) is 1. The van der Waals surface area contributed by atoms with Gasteiger partial charge in [0, 0.05) is 31.0 Å². The standard InChI is InChI=1S/C17H23N3/c1-13-4-6-16(7-5-13)17(14(2)18)20(3)12-15-8-10-19-11-9-15/h4-11,14,17H,12,18H2,1-3H3. The molecule has 0 saturated heterocycles. The predicted molar refractivity (Wildman–Crippen MR) is 83.3 cm³/mol. The molecule has 2 N–H and O–H groups in total. The van der Waals surface area contributed by atoms with E-state index in [1.807, 2.05) is 24.5 Å². The number of nitrogens with zero attached hydrogens (tertiary/aromatic N) is 2. The maximum atomic E-state index is 6.21. The van der Waals surface area contributed by atoms with Gasteiger partial charge < -0.3 is 5.73 Å². The lowest BCUT2D eigenvalue weighted by molar-refractivity contribution is 0.211. The largest absolute Gasteiger partial charge is 0.326 e. The quantitative estimate of drug-likeness (QED) is 0.907. The minimum Gasteiger partial charge on any atom is -0.326 e. The molecule has 2 atom stereocenters. The Hall–Kier alpha value is -1.71. The average molecular weight is 269 g/mol. The highest BCUT2D eigenvalue weighted by atomic mass is 15.1. The monoisotopic (exact) mass is 269 g/mol. The second-order valence-electron chi connectivity index (χ2n) is 5.49. The molecule has 0 radical (unpaired) electrons. The van der Waals surface area contributed by atoms with Crippen molar-refractivity contribution in [2.24, 2.45) is 5.73 Å². The van der Waals surface area contributed by atoms with E-state index in [0.717, 1.165) is 6.54 Å². The minimum absolute atomic E-state index is 0.0737. The van der Waals surface area contributed by atoms with Crippen molar-refractivity contribution >= 4 is 0 Å². The number of benzene rings is 1. The van der Waals surface area contributed by atoms with Gasteiger partial charge in [-0.1, -0.05) is 29.8 Å². The molecule has 0 aliphatic heterocycles. The van der Waals surface area contributed by atoms with Crippen LogP contribution in [0.1, 0.15) is 29.7 Å². The summed E-state index contributed by atoms with van der Waals surface area (Å²) in [5.74, 6) is 0. The Bertz CT molecular complexity index is 520. The van der Waals surface area contributed by atoms with Crippen LogP contribution >= 0.6 is 0 Å². The summed E-state index contributed by atoms with van der Waals surface area (Å²) < 4.78 is 0. The summed E-state index contributed by atoms with van der Waals surface area (Å²) >= 11 is 0. The fraction of sp³-hybridized carbons (Fsp3) is 0.353. The van der Waals surface area contributed by atoms with E-state index in [2.05, 4.69) is 55.0 Å². The third-order valence-corrected chi connectivity index (χ3v) is 3.57. The molecule has 2 rings (SSSR count). The van der Waals surface area contributed by atoms with Crippen LogP contribution in [0, 0.1) is 6.92 Å². The van der Waals surface area contributed by atoms with Gasteiger partial charge >= 0.3 is 0 Å². The fourth-order valence-electron chi connectivity index (χ4n) is 2.60. The Kier molecular flexibility index (Phi) is 4.88. The Morgan fingerprint density at radius 3 is 2.25 bits per heavy atom. The first-order valence-electron chi connectivity index (χ1n) is 6.99. The molecule has 20 heavy (non-hydrogen) atoms. The second kappa shape index (κ2) is 6.64. The van der Waals surface area contributed by atoms with Crippen molar-refractivity contribution in [2.45, 2.75) is 32.5 Å². The SMILES string of the molecule is Cc1ccc(C(C(C)N)N(C)Cc2ccncc2)cc1. The number of aromatic nitrogens is 1. The smallest absolute Gasteiger partial charge is 0.0496 e. The maximum Gasteiger partial charge on any atom is 0.0496 e. The molecule has 1 heterocycles. The van der Waals surface area contributed by atoms with Crippen LogP contribution in [0.3, 0.4) is 0 Å². The topological polar surface area (TPSA) is 42.1 Å². The molecule has 0 spiro atoms. The van der Waals surface area contributed by atoms with Crippen LogP contribution in [-0.2, 0) is 6.54 Å². The Morgan fingerprint density at radius 1 is 1.10 bits per heavy atom. The number of nitrogens with two attached hydrogens (primary N) is 1. The van der Waals surface area contributed by atoms with Gasteiger partial charge in [-0.05, 0) is 44.2 Å². The first-order chi connectivity index (χ1) is 9.58. The summed E-state index contributed by atoms with van der Waals surface area (Å²) in [4.78, 5) is 6.35. The first kappa shape index (κ1) is 14.7. The molecule has 2 unspecified atom stereocenters. The van der Waals surface area contributed by atoms with Crippen LogP contribution in [0.15, 0.2) is 48.8 Å². The molecule has 0 saturated carbocycles. The molecule has 3 heteroatoms. The summed E-state index contributed by atoms with van der Waals surface area (Å²) in [6.45, 7) is 5.03. The van der Waals surface area contributed by atoms with Crippen molar-refractivity contribution in [1.82, 2.24) is 9.88 Å². The number of hydrogen-bond donors (Lipinski definition) is 1. The third-order valence-electron chi connectivity index (χ3n) is 3.57. The molecular weight excluding hydrogens is 246 g/mol. The summed E-state index contributed by atoms with van der Waals surface area (Å²) in [5, 5.41) is 0. The molecular formula is C17H23N3. The first-order valence-corrected chi connectivity index (χ1v) is 6.99. The molecule has 106 valence electrons. The molecule has 0 amide bonds. The van der Waals surface area contributed by atoms with Gasteiger partial charge in [0.05, 0.1) is 0 Å². The summed E-state index contributed by atoms with van der Waals surface area (Å²) in [7, 11) is 2.12. The highest BCUT2D eigenvalue weighted by Crippen LogP contribution is 2.24. The average Bonchev–Trinajstić information content (AvgIpc) is 2.42. The van der Waals surface area contributed by atoms with Crippen LogP contribution in [0.2, 0.25) is 0 Å². The van der Waals surface area contributed by atoms with Gasteiger partial charge in [0.2, 0.25) is 0 Å². The van der Waals surface area contributed by atoms with Crippen molar-refractivity contribution < 1.29 is 0 Å². The fourth-order valence-corrected chi connectivity index (χ4v) is 2.60. The van der Waals surface area contributed by atoms with Crippen molar-refractivity contribution in [3.8, 4) is 0 Å². The van der Waals surface area contributed by atoms with Gasteiger partial charge in [-0.3, -0.25) is 9.88 Å². The van der Waals surface area contributed by atoms with Gasteiger partial charge in [-0.2, -0.15) is 0 Å². The third kappa shape index (κ3) is 3.65. The lowest BCUT2D eigenvalue weighted by atomic mass is 9.98. The van der Waals surface area contributed by atoms with Crippen molar-refractivity contribution in [1.29, 1.82) is 0 Å². The Morgan fingerprint density at radius 2 is 1.70 bits per heavy atom. The summed E-state index contributed by atoms with van der Waals surface area (Å²) in [6.07, 6.45) is 3.66.